The molecule has 0 spiro atoms. The van der Waals surface area contributed by atoms with Gasteiger partial charge in [0.15, 0.2) is 0 Å². The van der Waals surface area contributed by atoms with Crippen molar-refractivity contribution in [3.05, 3.63) is 0 Å². The summed E-state index contributed by atoms with van der Waals surface area (Å²) in [5.74, 6) is -1.94. The first-order valence-corrected chi connectivity index (χ1v) is 8.01. The molecule has 2 atom stereocenters. The van der Waals surface area contributed by atoms with Crippen molar-refractivity contribution < 1.29 is 29.4 Å². The second kappa shape index (κ2) is 10.3. The molecule has 0 radical (unpaired) electrons. The molecule has 10 nitrogen and oxygen atoms in total. The number of carbonyl (C=O) groups is 4. The molecule has 0 unspecified atom stereocenters. The first kappa shape index (κ1) is 19.5. The maximum atomic E-state index is 10.3. The Kier molecular flexibility index (Phi) is 9.53. The van der Waals surface area contributed by atoms with E-state index in [9.17, 15) is 19.2 Å². The van der Waals surface area contributed by atoms with Gasteiger partial charge in [-0.1, -0.05) is 21.6 Å². The third-order valence-corrected chi connectivity index (χ3v) is 4.35. The lowest BCUT2D eigenvalue weighted by Crippen LogP contribution is -2.33. The minimum atomic E-state index is -1.07. The van der Waals surface area contributed by atoms with E-state index in [0.29, 0.717) is 0 Å². The predicted molar refractivity (Wildman–Crippen MR) is 77.7 cm³/mol. The number of amides is 3. The summed E-state index contributed by atoms with van der Waals surface area (Å²) in [5, 5.41) is 21.1. The van der Waals surface area contributed by atoms with Crippen molar-refractivity contribution in [2.24, 2.45) is 11.5 Å². The molecule has 12 heteroatoms. The molecule has 0 aliphatic carbocycles. The lowest BCUT2D eigenvalue weighted by atomic mass is 10.4. The number of carboxylic acid groups (broad SMARTS) is 2. The Morgan fingerprint density at radius 1 is 1.10 bits per heavy atom. The summed E-state index contributed by atoms with van der Waals surface area (Å²) in [5.41, 5.74) is 10.4. The minimum Gasteiger partial charge on any atom is -0.480 e. The van der Waals surface area contributed by atoms with Gasteiger partial charge in [0.2, 0.25) is 5.91 Å². The zero-order valence-electron chi connectivity index (χ0n) is 10.8. The summed E-state index contributed by atoms with van der Waals surface area (Å²) in [4.78, 5) is 40.6. The number of carbonyl (C=O) groups excluding carboxylic acids is 2. The van der Waals surface area contributed by atoms with E-state index < -0.39 is 30.1 Å². The van der Waals surface area contributed by atoms with E-state index in [1.54, 1.807) is 0 Å². The lowest BCUT2D eigenvalue weighted by molar-refractivity contribution is -0.138. The summed E-state index contributed by atoms with van der Waals surface area (Å²) >= 11 is 0. The van der Waals surface area contributed by atoms with E-state index in [4.69, 9.17) is 21.7 Å². The third kappa shape index (κ3) is 9.95. The Morgan fingerprint density at radius 2 is 1.52 bits per heavy atom. The molecular weight excluding hydrogens is 324 g/mol. The van der Waals surface area contributed by atoms with Crippen LogP contribution in [0.25, 0.3) is 0 Å². The normalized spacial score (nSPS) is 16.1. The van der Waals surface area contributed by atoms with E-state index in [0.717, 1.165) is 0 Å². The SMILES string of the molecule is N[C@@H](CSSC[C@H](N)C(=O)O)C(=O)O.O=C1CNC(=O)N1. The molecule has 1 fully saturated rings. The molecule has 0 bridgehead atoms. The average Bonchev–Trinajstić information content (AvgIpc) is 2.78. The highest BCUT2D eigenvalue weighted by atomic mass is 33.1. The van der Waals surface area contributed by atoms with Crippen LogP contribution >= 0.6 is 21.6 Å². The molecule has 1 saturated heterocycles. The van der Waals surface area contributed by atoms with Gasteiger partial charge in [0, 0.05) is 11.5 Å². The Balaban J connectivity index is 0.000000471. The number of hydrogen-bond donors (Lipinski definition) is 6. The van der Waals surface area contributed by atoms with Crippen LogP contribution in [0.1, 0.15) is 0 Å². The Hall–Kier alpha value is -1.50. The number of urea groups is 1. The van der Waals surface area contributed by atoms with Crippen LogP contribution in [-0.4, -0.2) is 64.2 Å². The Labute approximate surface area is 127 Å². The minimum absolute atomic E-state index is 0.124. The fourth-order valence-electron chi connectivity index (χ4n) is 0.761. The van der Waals surface area contributed by atoms with Gasteiger partial charge >= 0.3 is 18.0 Å². The highest BCUT2D eigenvalue weighted by Gasteiger charge is 2.14. The number of rotatable bonds is 7. The van der Waals surface area contributed by atoms with E-state index in [1.807, 2.05) is 5.32 Å². The molecular formula is C9H16N4O6S2. The van der Waals surface area contributed by atoms with Gasteiger partial charge in [0.1, 0.15) is 12.1 Å². The second-order valence-electron chi connectivity index (χ2n) is 3.69. The topological polar surface area (TPSA) is 185 Å². The standard InChI is InChI=1S/C6H12N2O4S2.C3H4N2O2/c7-3(5(9)10)1-13-14-2-4(8)6(11)12;6-2-1-4-3(7)5-2/h3-4H,1-2,7-8H2,(H,9,10)(H,11,12);1H2,(H2,4,5,6,7)/t3-,4-;/m0./s1. The summed E-state index contributed by atoms with van der Waals surface area (Å²) < 4.78 is 0. The van der Waals surface area contributed by atoms with Crippen molar-refractivity contribution in [1.29, 1.82) is 0 Å². The molecule has 1 heterocycles. The third-order valence-electron chi connectivity index (χ3n) is 1.88. The first-order chi connectivity index (χ1) is 9.73. The zero-order chi connectivity index (χ0) is 16.4. The van der Waals surface area contributed by atoms with Gasteiger partial charge in [0.25, 0.3) is 0 Å². The van der Waals surface area contributed by atoms with Crippen LogP contribution in [0, 0.1) is 0 Å². The van der Waals surface area contributed by atoms with Crippen molar-refractivity contribution in [1.82, 2.24) is 10.6 Å². The second-order valence-corrected chi connectivity index (χ2v) is 6.24. The van der Waals surface area contributed by atoms with Crippen molar-refractivity contribution in [2.75, 3.05) is 18.1 Å². The highest BCUT2D eigenvalue weighted by molar-refractivity contribution is 8.76. The molecule has 0 saturated carbocycles. The van der Waals surface area contributed by atoms with Crippen molar-refractivity contribution >= 4 is 45.5 Å². The average molecular weight is 340 g/mol. The first-order valence-electron chi connectivity index (χ1n) is 5.53. The van der Waals surface area contributed by atoms with Gasteiger partial charge in [-0.2, -0.15) is 0 Å². The monoisotopic (exact) mass is 340 g/mol. The predicted octanol–water partition coefficient (Wildman–Crippen LogP) is -1.98. The Bertz CT molecular complexity index is 372. The summed E-state index contributed by atoms with van der Waals surface area (Å²) in [6.07, 6.45) is 0. The number of hydrogen-bond acceptors (Lipinski definition) is 8. The summed E-state index contributed by atoms with van der Waals surface area (Å²) in [6.45, 7) is 0.124. The fourth-order valence-corrected chi connectivity index (χ4v) is 2.99. The molecule has 0 aromatic carbocycles. The lowest BCUT2D eigenvalue weighted by Gasteiger charge is -2.07. The highest BCUT2D eigenvalue weighted by Crippen LogP contribution is 2.22. The quantitative estimate of drug-likeness (QED) is 0.172. The van der Waals surface area contributed by atoms with Gasteiger partial charge in [-0.05, 0) is 0 Å². The number of carboxylic acids is 2. The van der Waals surface area contributed by atoms with Crippen LogP contribution in [0.5, 0.6) is 0 Å². The van der Waals surface area contributed by atoms with Gasteiger partial charge in [-0.15, -0.1) is 0 Å². The van der Waals surface area contributed by atoms with Gasteiger partial charge in [-0.3, -0.25) is 19.7 Å². The Morgan fingerprint density at radius 3 is 1.71 bits per heavy atom. The number of nitrogens with two attached hydrogens (primary N) is 2. The maximum absolute atomic E-state index is 10.3. The van der Waals surface area contributed by atoms with Crippen molar-refractivity contribution in [2.45, 2.75) is 12.1 Å². The van der Waals surface area contributed by atoms with Gasteiger partial charge in [0.05, 0.1) is 6.54 Å². The molecule has 8 N–H and O–H groups in total. The van der Waals surface area contributed by atoms with Crippen LogP contribution in [-0.2, 0) is 14.4 Å². The molecule has 21 heavy (non-hydrogen) atoms. The van der Waals surface area contributed by atoms with Crippen LogP contribution < -0.4 is 22.1 Å². The molecule has 0 aromatic rings. The van der Waals surface area contributed by atoms with Crippen molar-refractivity contribution in [3.8, 4) is 0 Å². The fraction of sp³-hybridized carbons (Fsp3) is 0.556. The van der Waals surface area contributed by atoms with Gasteiger partial charge < -0.3 is 27.0 Å². The van der Waals surface area contributed by atoms with E-state index >= 15 is 0 Å². The van der Waals surface area contributed by atoms with Crippen LogP contribution in [0.2, 0.25) is 0 Å². The zero-order valence-corrected chi connectivity index (χ0v) is 12.4. The number of imide groups is 1. The number of aliphatic carboxylic acids is 2. The molecule has 3 amide bonds. The van der Waals surface area contributed by atoms with Crippen molar-refractivity contribution in [3.63, 3.8) is 0 Å². The van der Waals surface area contributed by atoms with Crippen LogP contribution in [0.15, 0.2) is 0 Å². The van der Waals surface area contributed by atoms with Crippen LogP contribution in [0.4, 0.5) is 4.79 Å². The number of nitrogens with one attached hydrogen (secondary N) is 2. The molecule has 1 rings (SSSR count). The molecule has 0 aromatic heterocycles. The smallest absolute Gasteiger partial charge is 0.321 e. The summed E-state index contributed by atoms with van der Waals surface area (Å²) in [7, 11) is 2.41. The van der Waals surface area contributed by atoms with Crippen LogP contribution in [0.3, 0.4) is 0 Å². The van der Waals surface area contributed by atoms with Gasteiger partial charge in [-0.25, -0.2) is 4.79 Å². The maximum Gasteiger partial charge on any atom is 0.321 e. The summed E-state index contributed by atoms with van der Waals surface area (Å²) in [6, 6.07) is -2.24. The van der Waals surface area contributed by atoms with E-state index in [2.05, 4.69) is 5.32 Å². The van der Waals surface area contributed by atoms with E-state index in [1.165, 1.54) is 21.6 Å². The largest absolute Gasteiger partial charge is 0.480 e. The molecule has 120 valence electrons. The molecule has 1 aliphatic rings. The molecule has 1 aliphatic heterocycles. The van der Waals surface area contributed by atoms with E-state index in [-0.39, 0.29) is 24.0 Å².